The lowest BCUT2D eigenvalue weighted by atomic mass is 9.65. The molecule has 0 saturated heterocycles. The smallest absolute Gasteiger partial charge is 0.229 e. The SMILES string of the molecule is CCc1cc2c(cc1C1CCC3CC(Cc4ccc(C)cc4)C(C)CC31)C(C(=O)C(=O)C1CCCCC1)=CC2C. The molecule has 0 spiro atoms. The maximum Gasteiger partial charge on any atom is 0.229 e. The van der Waals surface area contributed by atoms with Gasteiger partial charge in [0.15, 0.2) is 0 Å². The summed E-state index contributed by atoms with van der Waals surface area (Å²) in [4.78, 5) is 26.9. The number of hydrogen-bond acceptors (Lipinski definition) is 2. The number of hydrogen-bond donors (Lipinski definition) is 0. The first-order valence-electron chi connectivity index (χ1n) is 16.4. The highest BCUT2D eigenvalue weighted by Crippen LogP contribution is 2.55. The summed E-state index contributed by atoms with van der Waals surface area (Å²) < 4.78 is 0. The van der Waals surface area contributed by atoms with E-state index < -0.39 is 0 Å². The molecule has 0 heterocycles. The first kappa shape index (κ1) is 27.7. The van der Waals surface area contributed by atoms with Gasteiger partial charge < -0.3 is 0 Å². The fourth-order valence-corrected chi connectivity index (χ4v) is 8.99. The molecule has 0 bridgehead atoms. The van der Waals surface area contributed by atoms with Gasteiger partial charge in [-0.3, -0.25) is 9.59 Å². The molecule has 4 aliphatic rings. The Hall–Kier alpha value is -2.48. The first-order valence-corrected chi connectivity index (χ1v) is 16.4. The van der Waals surface area contributed by atoms with Crippen molar-refractivity contribution in [1.82, 2.24) is 0 Å². The summed E-state index contributed by atoms with van der Waals surface area (Å²) in [6.45, 7) is 9.13. The minimum Gasteiger partial charge on any atom is -0.290 e. The van der Waals surface area contributed by atoms with Gasteiger partial charge in [0.2, 0.25) is 11.6 Å². The van der Waals surface area contributed by atoms with Gasteiger partial charge in [-0.2, -0.15) is 0 Å². The Kier molecular flexibility index (Phi) is 7.90. The third-order valence-corrected chi connectivity index (χ3v) is 11.4. The Morgan fingerprint density at radius 1 is 0.875 bits per heavy atom. The number of carbonyl (C=O) groups excluding carboxylic acids is 2. The zero-order valence-corrected chi connectivity index (χ0v) is 25.2. The Labute approximate surface area is 242 Å². The topological polar surface area (TPSA) is 34.1 Å². The Morgan fingerprint density at radius 2 is 1.62 bits per heavy atom. The highest BCUT2D eigenvalue weighted by Gasteiger charge is 2.44. The normalized spacial score (nSPS) is 30.1. The predicted octanol–water partition coefficient (Wildman–Crippen LogP) is 9.18. The Bertz CT molecular complexity index is 1290. The van der Waals surface area contributed by atoms with Crippen molar-refractivity contribution in [1.29, 1.82) is 0 Å². The summed E-state index contributed by atoms with van der Waals surface area (Å²) in [5.74, 6) is 3.39. The van der Waals surface area contributed by atoms with Crippen LogP contribution in [0, 0.1) is 36.5 Å². The van der Waals surface area contributed by atoms with Crippen LogP contribution in [0.15, 0.2) is 42.5 Å². The highest BCUT2D eigenvalue weighted by molar-refractivity contribution is 6.55. The number of rotatable bonds is 7. The van der Waals surface area contributed by atoms with Crippen LogP contribution >= 0.6 is 0 Å². The third-order valence-electron chi connectivity index (χ3n) is 11.4. The van der Waals surface area contributed by atoms with Crippen molar-refractivity contribution in [2.45, 2.75) is 110 Å². The zero-order chi connectivity index (χ0) is 28.0. The maximum atomic E-state index is 13.6. The third kappa shape index (κ3) is 5.17. The minimum atomic E-state index is -0.220. The van der Waals surface area contributed by atoms with E-state index >= 15 is 0 Å². The number of Topliss-reactive ketones (excluding diaryl/α,β-unsaturated/α-hetero) is 2. The largest absolute Gasteiger partial charge is 0.290 e. The van der Waals surface area contributed by atoms with E-state index in [0.29, 0.717) is 11.5 Å². The quantitative estimate of drug-likeness (QED) is 0.331. The molecule has 2 nitrogen and oxygen atoms in total. The summed E-state index contributed by atoms with van der Waals surface area (Å²) in [6, 6.07) is 14.0. The van der Waals surface area contributed by atoms with E-state index in [0.717, 1.165) is 61.3 Å². The molecule has 6 unspecified atom stereocenters. The zero-order valence-electron chi connectivity index (χ0n) is 25.2. The van der Waals surface area contributed by atoms with Crippen molar-refractivity contribution < 1.29 is 9.59 Å². The van der Waals surface area contributed by atoms with Crippen LogP contribution in [-0.4, -0.2) is 11.6 Å². The lowest BCUT2D eigenvalue weighted by Crippen LogP contribution is -2.31. The molecule has 2 aromatic rings. The molecule has 0 aromatic heterocycles. The van der Waals surface area contributed by atoms with Gasteiger partial charge in [0.1, 0.15) is 0 Å². The Balaban J connectivity index is 1.24. The predicted molar refractivity (Wildman–Crippen MR) is 165 cm³/mol. The molecule has 0 amide bonds. The van der Waals surface area contributed by atoms with E-state index in [1.54, 1.807) is 0 Å². The van der Waals surface area contributed by atoms with Crippen molar-refractivity contribution in [2.75, 3.05) is 0 Å². The molecule has 212 valence electrons. The van der Waals surface area contributed by atoms with Gasteiger partial charge in [0, 0.05) is 17.4 Å². The van der Waals surface area contributed by atoms with Gasteiger partial charge in [-0.1, -0.05) is 88.1 Å². The summed E-state index contributed by atoms with van der Waals surface area (Å²) in [5, 5.41) is 0. The van der Waals surface area contributed by atoms with Crippen molar-refractivity contribution in [3.05, 3.63) is 75.9 Å². The lowest BCUT2D eigenvalue weighted by Gasteiger charge is -2.40. The van der Waals surface area contributed by atoms with Crippen LogP contribution in [0.3, 0.4) is 0 Å². The van der Waals surface area contributed by atoms with Crippen LogP contribution in [0.2, 0.25) is 0 Å². The van der Waals surface area contributed by atoms with Gasteiger partial charge >= 0.3 is 0 Å². The fraction of sp³-hybridized carbons (Fsp3) is 0.579. The molecule has 6 rings (SSSR count). The van der Waals surface area contributed by atoms with Crippen LogP contribution in [0.5, 0.6) is 0 Å². The fourth-order valence-electron chi connectivity index (χ4n) is 8.99. The molecular formula is C38H48O2. The number of allylic oxidation sites excluding steroid dienone is 2. The molecule has 0 radical (unpaired) electrons. The molecular weight excluding hydrogens is 488 g/mol. The van der Waals surface area contributed by atoms with Crippen LogP contribution in [0.4, 0.5) is 0 Å². The second kappa shape index (κ2) is 11.4. The standard InChI is InChI=1S/C38H48O2/c1-5-27-21-32-25(4)18-36(38(40)37(39)28-9-7-6-8-10-28)35(32)22-34(27)31-16-15-29-20-30(24(3)17-33(29)31)19-26-13-11-23(2)12-14-26/h11-14,18,21-22,24-25,28-31,33H,5-10,15-17,19-20H2,1-4H3. The van der Waals surface area contributed by atoms with Gasteiger partial charge in [-0.05, 0) is 116 Å². The molecule has 40 heavy (non-hydrogen) atoms. The molecule has 3 saturated carbocycles. The molecule has 3 fully saturated rings. The molecule has 0 aliphatic heterocycles. The van der Waals surface area contributed by atoms with E-state index in [1.807, 2.05) is 0 Å². The first-order chi connectivity index (χ1) is 19.3. The molecule has 2 aromatic carbocycles. The van der Waals surface area contributed by atoms with Crippen LogP contribution < -0.4 is 0 Å². The van der Waals surface area contributed by atoms with Crippen molar-refractivity contribution in [3.63, 3.8) is 0 Å². The van der Waals surface area contributed by atoms with E-state index in [9.17, 15) is 9.59 Å². The van der Waals surface area contributed by atoms with Crippen molar-refractivity contribution in [3.8, 4) is 0 Å². The minimum absolute atomic E-state index is 0.0666. The number of aryl methyl sites for hydroxylation is 2. The number of fused-ring (bicyclic) bond motifs is 2. The van der Waals surface area contributed by atoms with Crippen LogP contribution in [0.25, 0.3) is 5.57 Å². The number of benzene rings is 2. The van der Waals surface area contributed by atoms with E-state index in [1.165, 1.54) is 66.3 Å². The summed E-state index contributed by atoms with van der Waals surface area (Å²) in [7, 11) is 0. The second-order valence-corrected chi connectivity index (χ2v) is 13.9. The second-order valence-electron chi connectivity index (χ2n) is 13.9. The van der Waals surface area contributed by atoms with Gasteiger partial charge in [0.05, 0.1) is 0 Å². The van der Waals surface area contributed by atoms with Crippen molar-refractivity contribution in [2.24, 2.45) is 29.6 Å². The van der Waals surface area contributed by atoms with Crippen LogP contribution in [-0.2, 0) is 22.4 Å². The summed E-state index contributed by atoms with van der Waals surface area (Å²) in [5.41, 5.74) is 8.80. The van der Waals surface area contributed by atoms with Crippen molar-refractivity contribution >= 4 is 17.1 Å². The average molecular weight is 537 g/mol. The molecule has 4 aliphatic carbocycles. The van der Waals surface area contributed by atoms with Gasteiger partial charge in [-0.15, -0.1) is 0 Å². The van der Waals surface area contributed by atoms with Crippen LogP contribution in [0.1, 0.15) is 124 Å². The maximum absolute atomic E-state index is 13.6. The van der Waals surface area contributed by atoms with E-state index in [-0.39, 0.29) is 23.4 Å². The Morgan fingerprint density at radius 3 is 2.35 bits per heavy atom. The van der Waals surface area contributed by atoms with Gasteiger partial charge in [0.25, 0.3) is 0 Å². The number of carbonyl (C=O) groups is 2. The van der Waals surface area contributed by atoms with E-state index in [4.69, 9.17) is 0 Å². The molecule has 2 heteroatoms. The monoisotopic (exact) mass is 536 g/mol. The number of ketones is 2. The van der Waals surface area contributed by atoms with Gasteiger partial charge in [-0.25, -0.2) is 0 Å². The van der Waals surface area contributed by atoms with E-state index in [2.05, 4.69) is 70.2 Å². The summed E-state index contributed by atoms with van der Waals surface area (Å²) >= 11 is 0. The molecule has 6 atom stereocenters. The lowest BCUT2D eigenvalue weighted by molar-refractivity contribution is -0.136. The average Bonchev–Trinajstić information content (AvgIpc) is 3.53. The molecule has 0 N–H and O–H groups in total. The summed E-state index contributed by atoms with van der Waals surface area (Å²) in [6.07, 6.45) is 14.7. The highest BCUT2D eigenvalue weighted by atomic mass is 16.2.